The summed E-state index contributed by atoms with van der Waals surface area (Å²) in [6, 6.07) is 7.79. The largest absolute Gasteiger partial charge is 0.489 e. The van der Waals surface area contributed by atoms with Crippen molar-refractivity contribution in [3.63, 3.8) is 0 Å². The normalized spacial score (nSPS) is 32.9. The number of para-hydroxylation sites is 1. The molecule has 3 nitrogen and oxygen atoms in total. The van der Waals surface area contributed by atoms with Gasteiger partial charge in [-0.1, -0.05) is 23.7 Å². The molecule has 1 aromatic carbocycles. The summed E-state index contributed by atoms with van der Waals surface area (Å²) in [5, 5.41) is 4.20. The molecule has 0 radical (unpaired) electrons. The molecule has 3 aliphatic rings. The van der Waals surface area contributed by atoms with Gasteiger partial charge in [0.1, 0.15) is 11.9 Å². The predicted octanol–water partition coefficient (Wildman–Crippen LogP) is 2.65. The summed E-state index contributed by atoms with van der Waals surface area (Å²) in [7, 11) is 0. The van der Waals surface area contributed by atoms with E-state index < -0.39 is 0 Å². The summed E-state index contributed by atoms with van der Waals surface area (Å²) < 4.78 is 6.06. The Morgan fingerprint density at radius 2 is 1.86 bits per heavy atom. The molecule has 2 saturated heterocycles. The Balaban J connectivity index is 1.24. The van der Waals surface area contributed by atoms with Crippen molar-refractivity contribution in [1.82, 2.24) is 10.2 Å². The van der Waals surface area contributed by atoms with Gasteiger partial charge in [-0.05, 0) is 55.8 Å². The molecule has 2 heterocycles. The Bertz CT molecular complexity index is 491. The van der Waals surface area contributed by atoms with E-state index in [4.69, 9.17) is 16.3 Å². The molecule has 3 atom stereocenters. The number of hydrogen-bond donors (Lipinski definition) is 1. The van der Waals surface area contributed by atoms with Gasteiger partial charge in [-0.3, -0.25) is 0 Å². The Morgan fingerprint density at radius 1 is 1.14 bits per heavy atom. The molecule has 21 heavy (non-hydrogen) atoms. The maximum Gasteiger partial charge on any atom is 0.138 e. The second kappa shape index (κ2) is 5.79. The monoisotopic (exact) mass is 306 g/mol. The number of likely N-dealkylation sites (tertiary alicyclic amines) is 1. The fourth-order valence-corrected chi connectivity index (χ4v) is 4.23. The van der Waals surface area contributed by atoms with Gasteiger partial charge in [-0.25, -0.2) is 0 Å². The third-order valence-electron chi connectivity index (χ3n) is 5.40. The molecular weight excluding hydrogens is 284 g/mol. The highest BCUT2D eigenvalue weighted by Gasteiger charge is 2.52. The zero-order valence-electron chi connectivity index (χ0n) is 12.3. The minimum Gasteiger partial charge on any atom is -0.489 e. The number of piperidine rings is 2. The highest BCUT2D eigenvalue weighted by molar-refractivity contribution is 6.32. The molecule has 1 aromatic rings. The molecule has 0 aromatic heterocycles. The number of benzene rings is 1. The molecule has 4 heteroatoms. The van der Waals surface area contributed by atoms with E-state index in [1.54, 1.807) is 0 Å². The lowest BCUT2D eigenvalue weighted by molar-refractivity contribution is 0.0961. The van der Waals surface area contributed by atoms with Crippen LogP contribution in [0.5, 0.6) is 5.75 Å². The van der Waals surface area contributed by atoms with E-state index in [0.717, 1.165) is 41.4 Å². The summed E-state index contributed by atoms with van der Waals surface area (Å²) in [6.07, 6.45) is 2.55. The first-order valence-corrected chi connectivity index (χ1v) is 8.53. The first-order valence-electron chi connectivity index (χ1n) is 8.15. The summed E-state index contributed by atoms with van der Waals surface area (Å²) in [4.78, 5) is 2.63. The Morgan fingerprint density at radius 3 is 2.57 bits per heavy atom. The number of rotatable bonds is 4. The van der Waals surface area contributed by atoms with E-state index in [9.17, 15) is 0 Å². The van der Waals surface area contributed by atoms with Crippen molar-refractivity contribution in [3.8, 4) is 5.75 Å². The van der Waals surface area contributed by atoms with Crippen molar-refractivity contribution in [2.75, 3.05) is 32.7 Å². The van der Waals surface area contributed by atoms with Crippen LogP contribution in [0.1, 0.15) is 12.8 Å². The lowest BCUT2D eigenvalue weighted by Crippen LogP contribution is -2.40. The standard InChI is InChI=1S/C17H23ClN2O/c18-16-3-1-2-4-17(16)21-12-5-7-20(8-6-12)11-15-13-9-19-10-14(13)15/h1-4,12-15,19H,5-11H2/t13-,14+,15?. The van der Waals surface area contributed by atoms with Gasteiger partial charge >= 0.3 is 0 Å². The minimum atomic E-state index is 0.321. The number of hydrogen-bond acceptors (Lipinski definition) is 3. The van der Waals surface area contributed by atoms with Gasteiger partial charge in [0.05, 0.1) is 5.02 Å². The highest BCUT2D eigenvalue weighted by atomic mass is 35.5. The van der Waals surface area contributed by atoms with Crippen LogP contribution in [-0.2, 0) is 0 Å². The maximum atomic E-state index is 6.16. The fourth-order valence-electron chi connectivity index (χ4n) is 4.05. The van der Waals surface area contributed by atoms with Crippen molar-refractivity contribution >= 4 is 11.6 Å². The molecule has 4 rings (SSSR count). The summed E-state index contributed by atoms with van der Waals surface area (Å²) in [6.45, 7) is 6.13. The first-order chi connectivity index (χ1) is 10.3. The average Bonchev–Trinajstić information content (AvgIpc) is 2.94. The zero-order valence-corrected chi connectivity index (χ0v) is 13.1. The molecule has 3 fully saturated rings. The molecule has 1 unspecified atom stereocenters. The van der Waals surface area contributed by atoms with Gasteiger partial charge in [0.15, 0.2) is 0 Å². The zero-order chi connectivity index (χ0) is 14.2. The Kier molecular flexibility index (Phi) is 3.82. The number of halogens is 1. The third-order valence-corrected chi connectivity index (χ3v) is 5.72. The topological polar surface area (TPSA) is 24.5 Å². The molecule has 1 aliphatic carbocycles. The predicted molar refractivity (Wildman–Crippen MR) is 84.9 cm³/mol. The summed E-state index contributed by atoms with van der Waals surface area (Å²) >= 11 is 6.16. The quantitative estimate of drug-likeness (QED) is 0.925. The van der Waals surface area contributed by atoms with Crippen LogP contribution in [-0.4, -0.2) is 43.7 Å². The van der Waals surface area contributed by atoms with Crippen LogP contribution in [0, 0.1) is 17.8 Å². The minimum absolute atomic E-state index is 0.321. The van der Waals surface area contributed by atoms with Crippen LogP contribution in [0.2, 0.25) is 5.02 Å². The molecule has 0 bridgehead atoms. The van der Waals surface area contributed by atoms with E-state index in [1.165, 1.54) is 32.7 Å². The van der Waals surface area contributed by atoms with Gasteiger partial charge < -0.3 is 15.0 Å². The summed E-state index contributed by atoms with van der Waals surface area (Å²) in [5.41, 5.74) is 0. The van der Waals surface area contributed by atoms with Gasteiger partial charge in [0.2, 0.25) is 0 Å². The van der Waals surface area contributed by atoms with Crippen LogP contribution in [0.25, 0.3) is 0 Å². The van der Waals surface area contributed by atoms with Crippen LogP contribution >= 0.6 is 11.6 Å². The van der Waals surface area contributed by atoms with Crippen molar-refractivity contribution in [2.45, 2.75) is 18.9 Å². The molecule has 2 aliphatic heterocycles. The number of ether oxygens (including phenoxy) is 1. The van der Waals surface area contributed by atoms with Crippen molar-refractivity contribution < 1.29 is 4.74 Å². The highest BCUT2D eigenvalue weighted by Crippen LogP contribution is 2.49. The molecular formula is C17H23ClN2O. The van der Waals surface area contributed by atoms with Gasteiger partial charge in [-0.15, -0.1) is 0 Å². The van der Waals surface area contributed by atoms with Gasteiger partial charge in [-0.2, -0.15) is 0 Å². The molecule has 0 spiro atoms. The molecule has 1 N–H and O–H groups in total. The average molecular weight is 307 g/mol. The third kappa shape index (κ3) is 2.92. The fraction of sp³-hybridized carbons (Fsp3) is 0.647. The van der Waals surface area contributed by atoms with E-state index in [1.807, 2.05) is 24.3 Å². The van der Waals surface area contributed by atoms with Gasteiger partial charge in [0.25, 0.3) is 0 Å². The van der Waals surface area contributed by atoms with E-state index in [0.29, 0.717) is 6.10 Å². The van der Waals surface area contributed by atoms with Crippen LogP contribution in [0.4, 0.5) is 0 Å². The first kappa shape index (κ1) is 13.9. The lowest BCUT2D eigenvalue weighted by atomic mass is 10.1. The smallest absolute Gasteiger partial charge is 0.138 e. The van der Waals surface area contributed by atoms with E-state index >= 15 is 0 Å². The molecule has 1 saturated carbocycles. The van der Waals surface area contributed by atoms with Crippen molar-refractivity contribution in [3.05, 3.63) is 29.3 Å². The van der Waals surface area contributed by atoms with Crippen LogP contribution in [0.15, 0.2) is 24.3 Å². The second-order valence-corrected chi connectivity index (χ2v) is 7.11. The summed E-state index contributed by atoms with van der Waals surface area (Å²) in [5.74, 6) is 3.75. The van der Waals surface area contributed by atoms with Crippen molar-refractivity contribution in [1.29, 1.82) is 0 Å². The van der Waals surface area contributed by atoms with Gasteiger partial charge in [0, 0.05) is 19.6 Å². The maximum absolute atomic E-state index is 6.16. The van der Waals surface area contributed by atoms with Crippen LogP contribution < -0.4 is 10.1 Å². The Hall–Kier alpha value is -0.770. The number of fused-ring (bicyclic) bond motifs is 1. The lowest BCUT2D eigenvalue weighted by Gasteiger charge is -2.32. The SMILES string of the molecule is Clc1ccccc1OC1CCN(CC2[C@H]3CNC[C@@H]23)CC1. The van der Waals surface area contributed by atoms with Crippen LogP contribution in [0.3, 0.4) is 0 Å². The number of nitrogens with one attached hydrogen (secondary N) is 1. The van der Waals surface area contributed by atoms with Crippen molar-refractivity contribution in [2.24, 2.45) is 17.8 Å². The van der Waals surface area contributed by atoms with E-state index in [2.05, 4.69) is 10.2 Å². The number of nitrogens with zero attached hydrogens (tertiary/aromatic N) is 1. The molecule has 0 amide bonds. The Labute approximate surface area is 131 Å². The van der Waals surface area contributed by atoms with E-state index in [-0.39, 0.29) is 0 Å². The second-order valence-electron chi connectivity index (χ2n) is 6.70. The molecule has 114 valence electrons.